The number of aromatic nitrogens is 3. The molecule has 0 fully saturated rings. The predicted molar refractivity (Wildman–Crippen MR) is 74.9 cm³/mol. The first-order valence-corrected chi connectivity index (χ1v) is 6.98. The summed E-state index contributed by atoms with van der Waals surface area (Å²) in [5.74, 6) is -0.106. The molecule has 0 saturated heterocycles. The van der Waals surface area contributed by atoms with E-state index >= 15 is 0 Å². The molecule has 98 valence electrons. The van der Waals surface area contributed by atoms with Gasteiger partial charge in [-0.1, -0.05) is 12.2 Å². The maximum absolute atomic E-state index is 12.2. The second-order valence-corrected chi connectivity index (χ2v) is 5.47. The number of halogens is 1. The minimum atomic E-state index is -0.106. The van der Waals surface area contributed by atoms with Gasteiger partial charge in [-0.05, 0) is 35.2 Å². The maximum Gasteiger partial charge on any atom is 0.256 e. The molecule has 0 bridgehead atoms. The fourth-order valence-electron chi connectivity index (χ4n) is 2.20. The van der Waals surface area contributed by atoms with E-state index in [0.29, 0.717) is 11.2 Å². The predicted octanol–water partition coefficient (Wildman–Crippen LogP) is 2.33. The van der Waals surface area contributed by atoms with Gasteiger partial charge in [0, 0.05) is 18.4 Å². The first-order valence-electron chi connectivity index (χ1n) is 6.19. The van der Waals surface area contributed by atoms with Crippen LogP contribution in [0.1, 0.15) is 29.6 Å². The summed E-state index contributed by atoms with van der Waals surface area (Å²) in [6.45, 7) is 0. The highest BCUT2D eigenvalue weighted by molar-refractivity contribution is 9.10. The Morgan fingerprint density at radius 3 is 3.11 bits per heavy atom. The SMILES string of the molecule is O=C(NC1CC=CCC1)c1cnn2cc(Br)cnc12. The Hall–Kier alpha value is -1.69. The van der Waals surface area contributed by atoms with Crippen molar-refractivity contribution in [2.24, 2.45) is 0 Å². The van der Waals surface area contributed by atoms with Crippen molar-refractivity contribution in [3.05, 3.63) is 40.8 Å². The number of hydrogen-bond acceptors (Lipinski definition) is 3. The van der Waals surface area contributed by atoms with E-state index in [2.05, 4.69) is 43.5 Å². The lowest BCUT2D eigenvalue weighted by molar-refractivity contribution is 0.0936. The molecule has 6 heteroatoms. The third kappa shape index (κ3) is 2.53. The molecule has 2 aromatic heterocycles. The lowest BCUT2D eigenvalue weighted by Gasteiger charge is -2.18. The first-order chi connectivity index (χ1) is 9.24. The molecule has 0 aromatic carbocycles. The van der Waals surface area contributed by atoms with Crippen LogP contribution in [0.25, 0.3) is 5.65 Å². The standard InChI is InChI=1S/C13H13BrN4O/c14-9-6-15-12-11(7-16-18(12)8-9)13(19)17-10-4-2-1-3-5-10/h1-2,6-8,10H,3-5H2,(H,17,19). The van der Waals surface area contributed by atoms with Gasteiger partial charge in [-0.15, -0.1) is 0 Å². The molecule has 0 aliphatic heterocycles. The van der Waals surface area contributed by atoms with E-state index in [4.69, 9.17) is 0 Å². The Labute approximate surface area is 118 Å². The van der Waals surface area contributed by atoms with Crippen molar-refractivity contribution in [3.63, 3.8) is 0 Å². The second-order valence-electron chi connectivity index (χ2n) is 4.55. The molecule has 1 amide bonds. The van der Waals surface area contributed by atoms with E-state index in [0.717, 1.165) is 23.7 Å². The summed E-state index contributed by atoms with van der Waals surface area (Å²) in [5, 5.41) is 7.18. The van der Waals surface area contributed by atoms with Crippen molar-refractivity contribution >= 4 is 27.5 Å². The highest BCUT2D eigenvalue weighted by Crippen LogP contribution is 2.15. The van der Waals surface area contributed by atoms with Crippen LogP contribution >= 0.6 is 15.9 Å². The highest BCUT2D eigenvalue weighted by atomic mass is 79.9. The lowest BCUT2D eigenvalue weighted by atomic mass is 10.0. The van der Waals surface area contributed by atoms with Gasteiger partial charge in [0.15, 0.2) is 5.65 Å². The van der Waals surface area contributed by atoms with E-state index in [9.17, 15) is 4.79 Å². The number of nitrogens with one attached hydrogen (secondary N) is 1. The van der Waals surface area contributed by atoms with Crippen molar-refractivity contribution in [3.8, 4) is 0 Å². The average Bonchev–Trinajstić information content (AvgIpc) is 2.82. The summed E-state index contributed by atoms with van der Waals surface area (Å²) in [7, 11) is 0. The molecule has 1 atom stereocenters. The molecule has 0 radical (unpaired) electrons. The highest BCUT2D eigenvalue weighted by Gasteiger charge is 2.18. The van der Waals surface area contributed by atoms with E-state index in [-0.39, 0.29) is 11.9 Å². The van der Waals surface area contributed by atoms with Crippen LogP contribution in [-0.4, -0.2) is 26.5 Å². The van der Waals surface area contributed by atoms with Gasteiger partial charge in [0.05, 0.1) is 10.7 Å². The molecule has 1 aliphatic carbocycles. The zero-order chi connectivity index (χ0) is 13.2. The van der Waals surface area contributed by atoms with E-state index < -0.39 is 0 Å². The van der Waals surface area contributed by atoms with Crippen LogP contribution in [-0.2, 0) is 0 Å². The van der Waals surface area contributed by atoms with Gasteiger partial charge in [-0.3, -0.25) is 4.79 Å². The van der Waals surface area contributed by atoms with Crippen molar-refractivity contribution in [1.29, 1.82) is 0 Å². The Morgan fingerprint density at radius 2 is 2.32 bits per heavy atom. The van der Waals surface area contributed by atoms with Gasteiger partial charge in [0.25, 0.3) is 5.91 Å². The summed E-state index contributed by atoms with van der Waals surface area (Å²) in [5.41, 5.74) is 1.09. The Morgan fingerprint density at radius 1 is 1.42 bits per heavy atom. The number of carbonyl (C=O) groups is 1. The molecule has 2 heterocycles. The molecule has 1 unspecified atom stereocenters. The molecule has 0 spiro atoms. The van der Waals surface area contributed by atoms with Crippen molar-refractivity contribution in [1.82, 2.24) is 19.9 Å². The van der Waals surface area contributed by atoms with Crippen molar-refractivity contribution in [2.75, 3.05) is 0 Å². The van der Waals surface area contributed by atoms with Gasteiger partial charge < -0.3 is 5.32 Å². The molecule has 19 heavy (non-hydrogen) atoms. The summed E-state index contributed by atoms with van der Waals surface area (Å²) >= 11 is 3.33. The van der Waals surface area contributed by atoms with E-state index in [1.165, 1.54) is 0 Å². The second kappa shape index (κ2) is 5.13. The topological polar surface area (TPSA) is 59.3 Å². The van der Waals surface area contributed by atoms with Crippen LogP contribution in [0.15, 0.2) is 35.2 Å². The third-order valence-corrected chi connectivity index (χ3v) is 3.58. The monoisotopic (exact) mass is 320 g/mol. The lowest BCUT2D eigenvalue weighted by Crippen LogP contribution is -2.35. The van der Waals surface area contributed by atoms with Gasteiger partial charge in [0.2, 0.25) is 0 Å². The van der Waals surface area contributed by atoms with Gasteiger partial charge >= 0.3 is 0 Å². The van der Waals surface area contributed by atoms with Crippen LogP contribution in [0.3, 0.4) is 0 Å². The number of amides is 1. The number of carbonyl (C=O) groups excluding carboxylic acids is 1. The van der Waals surface area contributed by atoms with E-state index in [1.54, 1.807) is 23.1 Å². The Balaban J connectivity index is 1.83. The average molecular weight is 321 g/mol. The fourth-order valence-corrected chi connectivity index (χ4v) is 2.50. The van der Waals surface area contributed by atoms with Crippen LogP contribution in [0.5, 0.6) is 0 Å². The minimum absolute atomic E-state index is 0.106. The summed E-state index contributed by atoms with van der Waals surface area (Å²) in [4.78, 5) is 16.5. The zero-order valence-electron chi connectivity index (χ0n) is 10.2. The molecular formula is C13H13BrN4O. The fraction of sp³-hybridized carbons (Fsp3) is 0.308. The van der Waals surface area contributed by atoms with Crippen molar-refractivity contribution in [2.45, 2.75) is 25.3 Å². The molecule has 1 N–H and O–H groups in total. The Kier molecular flexibility index (Phi) is 3.33. The van der Waals surface area contributed by atoms with Gasteiger partial charge in [-0.2, -0.15) is 5.10 Å². The van der Waals surface area contributed by atoms with E-state index in [1.807, 2.05) is 0 Å². The maximum atomic E-state index is 12.2. The molecule has 1 aliphatic rings. The molecule has 0 saturated carbocycles. The van der Waals surface area contributed by atoms with Crippen LogP contribution in [0.4, 0.5) is 0 Å². The third-order valence-electron chi connectivity index (χ3n) is 3.17. The quantitative estimate of drug-likeness (QED) is 0.864. The van der Waals surface area contributed by atoms with Crippen molar-refractivity contribution < 1.29 is 4.79 Å². The number of nitrogens with zero attached hydrogens (tertiary/aromatic N) is 3. The van der Waals surface area contributed by atoms with Crippen LogP contribution < -0.4 is 5.32 Å². The molecule has 2 aromatic rings. The minimum Gasteiger partial charge on any atom is -0.349 e. The smallest absolute Gasteiger partial charge is 0.256 e. The molecular weight excluding hydrogens is 308 g/mol. The largest absolute Gasteiger partial charge is 0.349 e. The number of hydrogen-bond donors (Lipinski definition) is 1. The van der Waals surface area contributed by atoms with Gasteiger partial charge in [-0.25, -0.2) is 9.50 Å². The molecule has 5 nitrogen and oxygen atoms in total. The number of allylic oxidation sites excluding steroid dienone is 1. The van der Waals surface area contributed by atoms with Crippen LogP contribution in [0, 0.1) is 0 Å². The van der Waals surface area contributed by atoms with Gasteiger partial charge in [0.1, 0.15) is 5.56 Å². The Bertz CT molecular complexity index is 649. The number of fused-ring (bicyclic) bond motifs is 1. The van der Waals surface area contributed by atoms with Crippen LogP contribution in [0.2, 0.25) is 0 Å². The summed E-state index contributed by atoms with van der Waals surface area (Å²) < 4.78 is 2.42. The summed E-state index contributed by atoms with van der Waals surface area (Å²) in [6, 6.07) is 0.211. The number of rotatable bonds is 2. The summed E-state index contributed by atoms with van der Waals surface area (Å²) in [6.07, 6.45) is 12.2. The zero-order valence-corrected chi connectivity index (χ0v) is 11.8. The normalized spacial score (nSPS) is 18.7. The molecule has 3 rings (SSSR count). The first kappa shape index (κ1) is 12.3.